The normalized spacial score (nSPS) is 13.5. The van der Waals surface area contributed by atoms with Crippen LogP contribution in [-0.4, -0.2) is 32.4 Å². The lowest BCUT2D eigenvalue weighted by Crippen LogP contribution is -2.46. The van der Waals surface area contributed by atoms with Crippen LogP contribution in [0.3, 0.4) is 0 Å². The third-order valence-corrected chi connectivity index (χ3v) is 3.46. The molecule has 0 saturated carbocycles. The highest BCUT2D eigenvalue weighted by molar-refractivity contribution is 5.49. The molecular weight excluding hydrogens is 264 g/mol. The molecule has 3 N–H and O–H groups in total. The number of anilines is 1. The molecule has 1 unspecified atom stereocenters. The Morgan fingerprint density at radius 1 is 1.10 bits per heavy atom. The number of ether oxygens (including phenoxy) is 1. The van der Waals surface area contributed by atoms with Gasteiger partial charge in [0, 0.05) is 25.8 Å². The van der Waals surface area contributed by atoms with Gasteiger partial charge >= 0.3 is 0 Å². The average molecular weight is 286 g/mol. The summed E-state index contributed by atoms with van der Waals surface area (Å²) in [6.45, 7) is 0.0365. The summed E-state index contributed by atoms with van der Waals surface area (Å²) < 4.78 is 5.80. The van der Waals surface area contributed by atoms with E-state index in [1.54, 1.807) is 0 Å². The SMILES string of the molecule is CN(C)c1cccc(OCC(N)(CO)c2ccccc2)c1. The first-order valence-corrected chi connectivity index (χ1v) is 6.90. The van der Waals surface area contributed by atoms with Gasteiger partial charge in [0.15, 0.2) is 0 Å². The minimum atomic E-state index is -0.907. The fraction of sp³-hybridized carbons (Fsp3) is 0.294. The summed E-state index contributed by atoms with van der Waals surface area (Å²) in [5, 5.41) is 9.65. The average Bonchev–Trinajstić information content (AvgIpc) is 2.53. The third-order valence-electron chi connectivity index (χ3n) is 3.46. The molecule has 4 nitrogen and oxygen atoms in total. The van der Waals surface area contributed by atoms with Gasteiger partial charge in [-0.25, -0.2) is 0 Å². The summed E-state index contributed by atoms with van der Waals surface area (Å²) in [5.41, 5.74) is 7.28. The first kappa shape index (κ1) is 15.4. The Labute approximate surface area is 125 Å². The lowest BCUT2D eigenvalue weighted by atomic mass is 9.93. The van der Waals surface area contributed by atoms with Crippen LogP contribution >= 0.6 is 0 Å². The van der Waals surface area contributed by atoms with Crippen molar-refractivity contribution in [2.75, 3.05) is 32.2 Å². The van der Waals surface area contributed by atoms with Gasteiger partial charge in [-0.2, -0.15) is 0 Å². The van der Waals surface area contributed by atoms with Crippen molar-refractivity contribution in [2.45, 2.75) is 5.54 Å². The number of hydrogen-bond acceptors (Lipinski definition) is 4. The summed E-state index contributed by atoms with van der Waals surface area (Å²) in [7, 11) is 3.95. The Hall–Kier alpha value is -2.04. The summed E-state index contributed by atoms with van der Waals surface area (Å²) in [6.07, 6.45) is 0. The molecule has 2 aromatic rings. The zero-order valence-corrected chi connectivity index (χ0v) is 12.5. The van der Waals surface area contributed by atoms with E-state index >= 15 is 0 Å². The maximum absolute atomic E-state index is 9.65. The van der Waals surface area contributed by atoms with Crippen molar-refractivity contribution in [1.29, 1.82) is 0 Å². The second-order valence-corrected chi connectivity index (χ2v) is 5.36. The molecule has 0 aliphatic rings. The van der Waals surface area contributed by atoms with E-state index in [0.717, 1.165) is 17.0 Å². The molecule has 4 heteroatoms. The summed E-state index contributed by atoms with van der Waals surface area (Å²) in [5.74, 6) is 0.736. The van der Waals surface area contributed by atoms with Crippen LogP contribution in [0.4, 0.5) is 5.69 Å². The number of benzene rings is 2. The van der Waals surface area contributed by atoms with Crippen LogP contribution in [0.5, 0.6) is 5.75 Å². The van der Waals surface area contributed by atoms with E-state index in [0.29, 0.717) is 0 Å². The van der Waals surface area contributed by atoms with E-state index in [2.05, 4.69) is 0 Å². The monoisotopic (exact) mass is 286 g/mol. The zero-order valence-electron chi connectivity index (χ0n) is 12.5. The molecule has 0 saturated heterocycles. The van der Waals surface area contributed by atoms with Gasteiger partial charge in [0.05, 0.1) is 12.1 Å². The van der Waals surface area contributed by atoms with Gasteiger partial charge in [0.2, 0.25) is 0 Å². The predicted octanol–water partition coefficient (Wildman–Crippen LogP) is 1.98. The van der Waals surface area contributed by atoms with Gasteiger partial charge in [0.1, 0.15) is 12.4 Å². The second kappa shape index (κ2) is 6.61. The lowest BCUT2D eigenvalue weighted by molar-refractivity contribution is 0.133. The van der Waals surface area contributed by atoms with Crippen molar-refractivity contribution >= 4 is 5.69 Å². The first-order valence-electron chi connectivity index (χ1n) is 6.90. The number of hydrogen-bond donors (Lipinski definition) is 2. The van der Waals surface area contributed by atoms with Crippen molar-refractivity contribution < 1.29 is 9.84 Å². The summed E-state index contributed by atoms with van der Waals surface area (Å²) in [4.78, 5) is 2.01. The Morgan fingerprint density at radius 2 is 1.81 bits per heavy atom. The topological polar surface area (TPSA) is 58.7 Å². The van der Waals surface area contributed by atoms with Gasteiger partial charge in [-0.05, 0) is 17.7 Å². The van der Waals surface area contributed by atoms with Gasteiger partial charge in [-0.1, -0.05) is 36.4 Å². The van der Waals surface area contributed by atoms with Crippen molar-refractivity contribution in [2.24, 2.45) is 5.73 Å². The van der Waals surface area contributed by atoms with E-state index in [-0.39, 0.29) is 13.2 Å². The van der Waals surface area contributed by atoms with Gasteiger partial charge in [-0.3, -0.25) is 0 Å². The van der Waals surface area contributed by atoms with Crippen LogP contribution in [-0.2, 0) is 5.54 Å². The Morgan fingerprint density at radius 3 is 2.43 bits per heavy atom. The molecule has 0 radical (unpaired) electrons. The van der Waals surface area contributed by atoms with Gasteiger partial charge in [-0.15, -0.1) is 0 Å². The van der Waals surface area contributed by atoms with Gasteiger partial charge in [0.25, 0.3) is 0 Å². The molecule has 0 aliphatic carbocycles. The maximum atomic E-state index is 9.65. The predicted molar refractivity (Wildman–Crippen MR) is 85.7 cm³/mol. The maximum Gasteiger partial charge on any atom is 0.121 e. The Bertz CT molecular complexity index is 572. The molecule has 0 spiro atoms. The number of aliphatic hydroxyl groups excluding tert-OH is 1. The second-order valence-electron chi connectivity index (χ2n) is 5.36. The van der Waals surface area contributed by atoms with Crippen LogP contribution in [0.2, 0.25) is 0 Å². The molecular formula is C17H22N2O2. The van der Waals surface area contributed by atoms with Crippen molar-refractivity contribution in [3.8, 4) is 5.75 Å². The van der Waals surface area contributed by atoms with Crippen molar-refractivity contribution in [3.05, 3.63) is 60.2 Å². The van der Waals surface area contributed by atoms with E-state index in [9.17, 15) is 5.11 Å². The molecule has 0 aromatic heterocycles. The molecule has 1 atom stereocenters. The minimum Gasteiger partial charge on any atom is -0.491 e. The lowest BCUT2D eigenvalue weighted by Gasteiger charge is -2.28. The molecule has 2 rings (SSSR count). The first-order chi connectivity index (χ1) is 10.0. The van der Waals surface area contributed by atoms with Gasteiger partial charge < -0.3 is 20.5 Å². The highest BCUT2D eigenvalue weighted by Crippen LogP contribution is 2.23. The standard InChI is InChI=1S/C17H22N2O2/c1-19(2)15-9-6-10-16(11-15)21-13-17(18,12-20)14-7-4-3-5-8-14/h3-11,20H,12-13,18H2,1-2H3. The molecule has 0 aliphatic heterocycles. The zero-order chi connectivity index (χ0) is 15.3. The third kappa shape index (κ3) is 3.74. The van der Waals surface area contributed by atoms with E-state index in [4.69, 9.17) is 10.5 Å². The van der Waals surface area contributed by atoms with Crippen LogP contribution in [0.15, 0.2) is 54.6 Å². The quantitative estimate of drug-likeness (QED) is 0.852. The summed E-state index contributed by atoms with van der Waals surface area (Å²) >= 11 is 0. The molecule has 0 fully saturated rings. The molecule has 2 aromatic carbocycles. The Balaban J connectivity index is 2.12. The smallest absolute Gasteiger partial charge is 0.121 e. The molecule has 0 heterocycles. The molecule has 21 heavy (non-hydrogen) atoms. The van der Waals surface area contributed by atoms with Crippen LogP contribution in [0.25, 0.3) is 0 Å². The van der Waals surface area contributed by atoms with Crippen molar-refractivity contribution in [3.63, 3.8) is 0 Å². The van der Waals surface area contributed by atoms with Crippen LogP contribution in [0.1, 0.15) is 5.56 Å². The number of rotatable bonds is 6. The number of aliphatic hydroxyl groups is 1. The highest BCUT2D eigenvalue weighted by atomic mass is 16.5. The fourth-order valence-corrected chi connectivity index (χ4v) is 2.05. The molecule has 112 valence electrons. The van der Waals surface area contributed by atoms with Crippen LogP contribution in [0, 0.1) is 0 Å². The Kier molecular flexibility index (Phi) is 4.83. The summed E-state index contributed by atoms with van der Waals surface area (Å²) in [6, 6.07) is 17.3. The molecule has 0 bridgehead atoms. The highest BCUT2D eigenvalue weighted by Gasteiger charge is 2.27. The number of nitrogens with zero attached hydrogens (tertiary/aromatic N) is 1. The number of nitrogens with two attached hydrogens (primary N) is 1. The van der Waals surface area contributed by atoms with Crippen molar-refractivity contribution in [1.82, 2.24) is 0 Å². The van der Waals surface area contributed by atoms with E-state index in [1.807, 2.05) is 73.6 Å². The van der Waals surface area contributed by atoms with E-state index < -0.39 is 5.54 Å². The molecule has 0 amide bonds. The largest absolute Gasteiger partial charge is 0.491 e. The minimum absolute atomic E-state index is 0.176. The van der Waals surface area contributed by atoms with E-state index in [1.165, 1.54) is 0 Å². The van der Waals surface area contributed by atoms with Crippen LogP contribution < -0.4 is 15.4 Å². The fourth-order valence-electron chi connectivity index (χ4n) is 2.05.